The van der Waals surface area contributed by atoms with Crippen LogP contribution in [0.3, 0.4) is 0 Å². The van der Waals surface area contributed by atoms with Gasteiger partial charge in [-0.15, -0.1) is 0 Å². The lowest BCUT2D eigenvalue weighted by atomic mass is 9.90. The number of hydrogen-bond donors (Lipinski definition) is 0. The monoisotopic (exact) mass is 591 g/mol. The van der Waals surface area contributed by atoms with E-state index in [-0.39, 0.29) is 11.9 Å². The minimum Gasteiger partial charge on any atom is -0.494 e. The van der Waals surface area contributed by atoms with Crippen molar-refractivity contribution in [2.45, 2.75) is 51.6 Å². The summed E-state index contributed by atoms with van der Waals surface area (Å²) in [6.07, 6.45) is 4.63. The molecule has 3 aromatic rings. The third-order valence-corrected chi connectivity index (χ3v) is 8.44. The van der Waals surface area contributed by atoms with Crippen LogP contribution in [0.25, 0.3) is 0 Å². The minimum atomic E-state index is -0.471. The van der Waals surface area contributed by atoms with Crippen LogP contribution >= 0.6 is 0 Å². The first-order chi connectivity index (χ1) is 21.5. The highest BCUT2D eigenvalue weighted by atomic mass is 16.5. The van der Waals surface area contributed by atoms with E-state index in [1.54, 1.807) is 24.3 Å². The highest BCUT2D eigenvalue weighted by Gasteiger charge is 2.25. The van der Waals surface area contributed by atoms with Crippen molar-refractivity contribution in [3.63, 3.8) is 0 Å². The van der Waals surface area contributed by atoms with Gasteiger partial charge in [0.1, 0.15) is 16.9 Å². The zero-order chi connectivity index (χ0) is 30.7. The van der Waals surface area contributed by atoms with Gasteiger partial charge in [-0.1, -0.05) is 24.3 Å². The highest BCUT2D eigenvalue weighted by molar-refractivity contribution is 5.98. The Hall–Kier alpha value is -4.64. The van der Waals surface area contributed by atoms with Gasteiger partial charge in [-0.3, -0.25) is 14.5 Å². The topological polar surface area (TPSA) is 112 Å². The normalized spacial score (nSPS) is 16.0. The van der Waals surface area contributed by atoms with Crippen molar-refractivity contribution < 1.29 is 14.3 Å². The maximum Gasteiger partial charge on any atom is 0.360 e. The van der Waals surface area contributed by atoms with Gasteiger partial charge in [0.2, 0.25) is 10.0 Å². The quantitative estimate of drug-likeness (QED) is 0.230. The number of ether oxygens (including phenoxy) is 1. The van der Waals surface area contributed by atoms with Gasteiger partial charge in [0.25, 0.3) is 5.91 Å². The molecule has 2 fully saturated rings. The summed E-state index contributed by atoms with van der Waals surface area (Å²) in [5.74, 6) is 0.966. The number of nitrogens with zero attached hydrogens (tertiary/aromatic N) is 6. The van der Waals surface area contributed by atoms with Crippen LogP contribution in [0.2, 0.25) is 0 Å². The molecular weight excluding hydrogens is 552 g/mol. The fourth-order valence-corrected chi connectivity index (χ4v) is 5.83. The smallest absolute Gasteiger partial charge is 0.360 e. The van der Waals surface area contributed by atoms with E-state index in [4.69, 9.17) is 10.00 Å². The molecule has 9 nitrogen and oxygen atoms in total. The molecule has 2 heterocycles. The van der Waals surface area contributed by atoms with Crippen molar-refractivity contribution in [1.29, 1.82) is 5.26 Å². The number of hydrogen-bond acceptors (Lipinski definition) is 6. The number of rotatable bonds is 9. The lowest BCUT2D eigenvalue weighted by Crippen LogP contribution is -2.38. The predicted octanol–water partition coefficient (Wildman–Crippen LogP) is 5.83. The number of likely N-dealkylation sites (tertiary alicyclic amines) is 2. The van der Waals surface area contributed by atoms with Crippen LogP contribution in [-0.2, 0) is 13.0 Å². The summed E-state index contributed by atoms with van der Waals surface area (Å²) in [5, 5.41) is 17.0. The second-order valence-corrected chi connectivity index (χ2v) is 11.5. The number of nitriles is 1. The molecule has 5 rings (SSSR count). The summed E-state index contributed by atoms with van der Waals surface area (Å²) in [4.78, 5) is 33.8. The van der Waals surface area contributed by atoms with Crippen molar-refractivity contribution in [3.8, 4) is 11.8 Å². The molecule has 0 N–H and O–H groups in total. The molecule has 2 aliphatic rings. The average Bonchev–Trinajstić information content (AvgIpc) is 3.07. The van der Waals surface area contributed by atoms with E-state index in [1.807, 2.05) is 48.2 Å². The molecular formula is C35H39N6O3+. The summed E-state index contributed by atoms with van der Waals surface area (Å²) in [5.41, 5.74) is 4.09. The van der Waals surface area contributed by atoms with E-state index in [1.165, 1.54) is 11.1 Å². The second kappa shape index (κ2) is 15.2. The second-order valence-electron chi connectivity index (χ2n) is 11.5. The molecule has 226 valence electrons. The Morgan fingerprint density at radius 1 is 0.864 bits per heavy atom. The van der Waals surface area contributed by atoms with E-state index >= 15 is 0 Å². The predicted molar refractivity (Wildman–Crippen MR) is 167 cm³/mol. The lowest BCUT2D eigenvalue weighted by molar-refractivity contribution is 0.0690. The first kappa shape index (κ1) is 30.8. The van der Waals surface area contributed by atoms with Crippen molar-refractivity contribution in [2.75, 3.05) is 32.8 Å². The van der Waals surface area contributed by atoms with E-state index in [0.29, 0.717) is 29.2 Å². The van der Waals surface area contributed by atoms with Gasteiger partial charge >= 0.3 is 5.91 Å². The van der Waals surface area contributed by atoms with Crippen LogP contribution in [0, 0.1) is 17.2 Å². The lowest BCUT2D eigenvalue weighted by Gasteiger charge is -2.32. The molecule has 0 aliphatic carbocycles. The van der Waals surface area contributed by atoms with Crippen LogP contribution in [0.1, 0.15) is 70.0 Å². The van der Waals surface area contributed by atoms with Gasteiger partial charge in [-0.2, -0.15) is 5.26 Å². The fourth-order valence-electron chi connectivity index (χ4n) is 5.83. The third-order valence-electron chi connectivity index (χ3n) is 8.44. The van der Waals surface area contributed by atoms with Crippen molar-refractivity contribution in [3.05, 3.63) is 101 Å². The molecule has 0 atom stereocenters. The van der Waals surface area contributed by atoms with Crippen LogP contribution in [0.5, 0.6) is 5.75 Å². The van der Waals surface area contributed by atoms with E-state index in [9.17, 15) is 9.59 Å². The van der Waals surface area contributed by atoms with E-state index in [0.717, 1.165) is 70.6 Å². The SMILES string of the molecule is CCOc1ccc(CC2CCN(C(=O)c3ccc(C(=O)N=[N+]=NC4CCN(Cc5ccc(C#N)cc5)CC4)cc3)CC2)cc1. The van der Waals surface area contributed by atoms with Gasteiger partial charge in [-0.05, 0) is 105 Å². The molecule has 0 spiro atoms. The molecule has 2 amide bonds. The van der Waals surface area contributed by atoms with Gasteiger partial charge in [0, 0.05) is 43.9 Å². The van der Waals surface area contributed by atoms with Crippen LogP contribution in [0.4, 0.5) is 0 Å². The van der Waals surface area contributed by atoms with Crippen LogP contribution in [0.15, 0.2) is 83.0 Å². The van der Waals surface area contributed by atoms with Crippen molar-refractivity contribution in [1.82, 2.24) is 14.7 Å². The van der Waals surface area contributed by atoms with E-state index < -0.39 is 5.91 Å². The molecule has 0 saturated carbocycles. The number of benzene rings is 3. The molecule has 44 heavy (non-hydrogen) atoms. The minimum absolute atomic E-state index is 0.00864. The Morgan fingerprint density at radius 2 is 1.50 bits per heavy atom. The zero-order valence-corrected chi connectivity index (χ0v) is 25.3. The summed E-state index contributed by atoms with van der Waals surface area (Å²) < 4.78 is 5.53. The Kier molecular flexibility index (Phi) is 10.6. The summed E-state index contributed by atoms with van der Waals surface area (Å²) in [7, 11) is 0. The Balaban J connectivity index is 1.04. The van der Waals surface area contributed by atoms with Gasteiger partial charge < -0.3 is 9.64 Å². The summed E-state index contributed by atoms with van der Waals surface area (Å²) >= 11 is 0. The maximum absolute atomic E-state index is 13.1. The molecule has 3 aromatic carbocycles. The third kappa shape index (κ3) is 8.47. The van der Waals surface area contributed by atoms with Crippen molar-refractivity contribution >= 4 is 11.8 Å². The first-order valence-electron chi connectivity index (χ1n) is 15.5. The number of amides is 2. The summed E-state index contributed by atoms with van der Waals surface area (Å²) in [6.45, 7) is 6.70. The molecule has 2 aliphatic heterocycles. The standard InChI is InChI=1S/C35H39N6O3/c1-2-44-33-13-7-26(8-14-33)23-27-15-21-41(22-16-27)35(43)31-11-9-30(10-12-31)34(42)38-39-37-32-17-19-40(20-18-32)25-29-5-3-28(24-36)4-6-29/h3-14,27,32H,2,15-23,25H2,1H3/q+1. The number of carbonyl (C=O) groups excluding carboxylic acids is 2. The molecule has 0 bridgehead atoms. The Labute approximate surface area is 258 Å². The maximum atomic E-state index is 13.1. The Bertz CT molecular complexity index is 1510. The van der Waals surface area contributed by atoms with Crippen molar-refractivity contribution in [2.24, 2.45) is 16.1 Å². The molecule has 2 saturated heterocycles. The molecule has 0 aromatic heterocycles. The first-order valence-corrected chi connectivity index (χ1v) is 15.5. The average molecular weight is 592 g/mol. The van der Waals surface area contributed by atoms with Gasteiger partial charge in [-0.25, -0.2) is 0 Å². The molecule has 0 unspecified atom stereocenters. The number of carbonyl (C=O) groups is 2. The highest BCUT2D eigenvalue weighted by Crippen LogP contribution is 2.24. The summed E-state index contributed by atoms with van der Waals surface area (Å²) in [6, 6.07) is 24.8. The Morgan fingerprint density at radius 3 is 2.14 bits per heavy atom. The number of piperidine rings is 2. The van der Waals surface area contributed by atoms with Gasteiger partial charge in [0.15, 0.2) is 0 Å². The van der Waals surface area contributed by atoms with E-state index in [2.05, 4.69) is 38.2 Å². The van der Waals surface area contributed by atoms with Crippen LogP contribution in [-0.4, -0.2) is 60.4 Å². The fraction of sp³-hybridized carbons (Fsp3) is 0.400. The zero-order valence-electron chi connectivity index (χ0n) is 25.3. The molecule has 9 heteroatoms. The van der Waals surface area contributed by atoms with Crippen LogP contribution < -0.4 is 9.65 Å². The largest absolute Gasteiger partial charge is 0.494 e. The molecule has 0 radical (unpaired) electrons. The van der Waals surface area contributed by atoms with Gasteiger partial charge in [0.05, 0.1) is 18.2 Å².